The third-order valence-corrected chi connectivity index (χ3v) is 5.03. The molecule has 0 radical (unpaired) electrons. The zero-order valence-electron chi connectivity index (χ0n) is 17.5. The quantitative estimate of drug-likeness (QED) is 0.631. The summed E-state index contributed by atoms with van der Waals surface area (Å²) < 4.78 is 16.1. The first-order chi connectivity index (χ1) is 14.4. The molecule has 1 aromatic heterocycles. The van der Waals surface area contributed by atoms with Gasteiger partial charge in [0.25, 0.3) is 5.91 Å². The Bertz CT molecular complexity index is 949. The maximum atomic E-state index is 13.2. The van der Waals surface area contributed by atoms with Crippen molar-refractivity contribution in [2.45, 2.75) is 12.5 Å². The van der Waals surface area contributed by atoms with Crippen LogP contribution in [0.1, 0.15) is 28.6 Å². The van der Waals surface area contributed by atoms with E-state index in [2.05, 4.69) is 0 Å². The molecule has 0 unspecified atom stereocenters. The number of Topliss-reactive ketones (excluding diaryl/α,β-unsaturated/α-hetero) is 1. The number of methoxy groups -OCH3 is 2. The van der Waals surface area contributed by atoms with Crippen LogP contribution in [-0.4, -0.2) is 68.0 Å². The molecule has 1 atom stereocenters. The number of aliphatic hydroxyl groups is 1. The Morgan fingerprint density at radius 2 is 2.00 bits per heavy atom. The third-order valence-electron chi connectivity index (χ3n) is 5.03. The average molecular weight is 414 g/mol. The monoisotopic (exact) mass is 414 g/mol. The fraction of sp³-hybridized carbons (Fsp3) is 0.364. The SMILES string of the molecule is COc1ccc(OC)c([C@H]2C(C(=O)c3ccco3)=C(O)C(=O)N2CCCN(C)C)c1. The molecular weight excluding hydrogens is 388 g/mol. The molecule has 0 saturated heterocycles. The maximum Gasteiger partial charge on any atom is 0.290 e. The van der Waals surface area contributed by atoms with E-state index in [9.17, 15) is 14.7 Å². The third kappa shape index (κ3) is 4.04. The van der Waals surface area contributed by atoms with Crippen LogP contribution >= 0.6 is 0 Å². The molecule has 8 nitrogen and oxygen atoms in total. The zero-order chi connectivity index (χ0) is 21.8. The van der Waals surface area contributed by atoms with Gasteiger partial charge in [0.1, 0.15) is 11.5 Å². The summed E-state index contributed by atoms with van der Waals surface area (Å²) in [5, 5.41) is 10.7. The number of hydrogen-bond acceptors (Lipinski definition) is 7. The second-order valence-corrected chi connectivity index (χ2v) is 7.23. The first kappa shape index (κ1) is 21.4. The van der Waals surface area contributed by atoms with E-state index in [0.29, 0.717) is 30.0 Å². The standard InChI is InChI=1S/C22H26N2O6/c1-23(2)10-6-11-24-19(15-13-14(28-3)8-9-16(15)29-4)18(21(26)22(24)27)20(25)17-7-5-12-30-17/h5,7-9,12-13,19,26H,6,10-11H2,1-4H3/t19-/m0/s1. The van der Waals surface area contributed by atoms with Crippen molar-refractivity contribution in [2.75, 3.05) is 41.4 Å². The number of nitrogens with zero attached hydrogens (tertiary/aromatic N) is 2. The summed E-state index contributed by atoms with van der Waals surface area (Å²) in [6.07, 6.45) is 2.04. The molecule has 2 aromatic rings. The van der Waals surface area contributed by atoms with Gasteiger partial charge in [-0.3, -0.25) is 9.59 Å². The Morgan fingerprint density at radius 1 is 1.23 bits per heavy atom. The number of amides is 1. The van der Waals surface area contributed by atoms with Gasteiger partial charge < -0.3 is 28.8 Å². The minimum atomic E-state index is -0.831. The van der Waals surface area contributed by atoms with Crippen molar-refractivity contribution >= 4 is 11.7 Å². The summed E-state index contributed by atoms with van der Waals surface area (Å²) in [5.41, 5.74) is 0.514. The predicted molar refractivity (Wildman–Crippen MR) is 110 cm³/mol. The zero-order valence-corrected chi connectivity index (χ0v) is 17.5. The van der Waals surface area contributed by atoms with Gasteiger partial charge in [-0.25, -0.2) is 0 Å². The fourth-order valence-electron chi connectivity index (χ4n) is 3.59. The summed E-state index contributed by atoms with van der Waals surface area (Å²) >= 11 is 0. The Balaban J connectivity index is 2.10. The van der Waals surface area contributed by atoms with Crippen LogP contribution in [-0.2, 0) is 4.79 Å². The topological polar surface area (TPSA) is 92.4 Å². The molecule has 0 fully saturated rings. The van der Waals surface area contributed by atoms with Crippen molar-refractivity contribution in [3.05, 3.63) is 59.3 Å². The van der Waals surface area contributed by atoms with Gasteiger partial charge in [0.05, 0.1) is 32.1 Å². The number of ether oxygens (including phenoxy) is 2. The van der Waals surface area contributed by atoms with Gasteiger partial charge in [0.15, 0.2) is 11.5 Å². The van der Waals surface area contributed by atoms with Crippen LogP contribution in [0.5, 0.6) is 11.5 Å². The molecule has 1 N–H and O–H groups in total. The molecule has 0 saturated carbocycles. The minimum absolute atomic E-state index is 0.0358. The van der Waals surface area contributed by atoms with E-state index in [-0.39, 0.29) is 11.3 Å². The van der Waals surface area contributed by atoms with Gasteiger partial charge in [-0.1, -0.05) is 0 Å². The van der Waals surface area contributed by atoms with Crippen LogP contribution < -0.4 is 9.47 Å². The second kappa shape index (κ2) is 9.04. The molecule has 160 valence electrons. The number of benzene rings is 1. The highest BCUT2D eigenvalue weighted by Gasteiger charge is 2.45. The molecule has 0 bridgehead atoms. The highest BCUT2D eigenvalue weighted by molar-refractivity contribution is 6.15. The first-order valence-electron chi connectivity index (χ1n) is 9.58. The van der Waals surface area contributed by atoms with Gasteiger partial charge in [0.2, 0.25) is 5.78 Å². The largest absolute Gasteiger partial charge is 0.503 e. The number of furan rings is 1. The van der Waals surface area contributed by atoms with Crippen LogP contribution in [0.4, 0.5) is 0 Å². The van der Waals surface area contributed by atoms with E-state index in [1.54, 1.807) is 24.3 Å². The average Bonchev–Trinajstić information content (AvgIpc) is 3.35. The number of rotatable bonds is 9. The fourth-order valence-corrected chi connectivity index (χ4v) is 3.59. The van der Waals surface area contributed by atoms with E-state index in [0.717, 1.165) is 6.54 Å². The number of aliphatic hydroxyl groups excluding tert-OH is 1. The van der Waals surface area contributed by atoms with E-state index >= 15 is 0 Å². The number of ketones is 1. The van der Waals surface area contributed by atoms with Crippen molar-refractivity contribution in [3.8, 4) is 11.5 Å². The van der Waals surface area contributed by atoms with Crippen molar-refractivity contribution in [1.82, 2.24) is 9.80 Å². The van der Waals surface area contributed by atoms with E-state index < -0.39 is 23.5 Å². The first-order valence-corrected chi connectivity index (χ1v) is 9.58. The Labute approximate surface area is 175 Å². The molecule has 8 heteroatoms. The highest BCUT2D eigenvalue weighted by atomic mass is 16.5. The van der Waals surface area contributed by atoms with Gasteiger partial charge >= 0.3 is 0 Å². The van der Waals surface area contributed by atoms with Crippen LogP contribution in [0.2, 0.25) is 0 Å². The summed E-state index contributed by atoms with van der Waals surface area (Å²) in [6.45, 7) is 1.09. The van der Waals surface area contributed by atoms with Gasteiger partial charge in [-0.2, -0.15) is 0 Å². The molecule has 1 aliphatic heterocycles. The highest BCUT2D eigenvalue weighted by Crippen LogP contribution is 2.43. The summed E-state index contributed by atoms with van der Waals surface area (Å²) in [4.78, 5) is 29.6. The van der Waals surface area contributed by atoms with Gasteiger partial charge in [-0.05, 0) is 57.4 Å². The molecule has 0 aliphatic carbocycles. The summed E-state index contributed by atoms with van der Waals surface area (Å²) in [7, 11) is 6.92. The van der Waals surface area contributed by atoms with Crippen LogP contribution in [0.25, 0.3) is 0 Å². The van der Waals surface area contributed by atoms with Crippen molar-refractivity contribution in [2.24, 2.45) is 0 Å². The number of hydrogen-bond donors (Lipinski definition) is 1. The molecule has 0 spiro atoms. The maximum absolute atomic E-state index is 13.2. The van der Waals surface area contributed by atoms with E-state index in [1.807, 2.05) is 19.0 Å². The summed E-state index contributed by atoms with van der Waals surface area (Å²) in [6, 6.07) is 7.40. The van der Waals surface area contributed by atoms with Crippen LogP contribution in [0, 0.1) is 0 Å². The van der Waals surface area contributed by atoms with Crippen molar-refractivity contribution in [1.29, 1.82) is 0 Å². The molecule has 1 aliphatic rings. The Kier molecular flexibility index (Phi) is 6.47. The second-order valence-electron chi connectivity index (χ2n) is 7.23. The lowest BCUT2D eigenvalue weighted by atomic mass is 9.94. The van der Waals surface area contributed by atoms with E-state index in [4.69, 9.17) is 13.9 Å². The molecule has 1 aromatic carbocycles. The van der Waals surface area contributed by atoms with Crippen molar-refractivity contribution < 1.29 is 28.6 Å². The van der Waals surface area contributed by atoms with E-state index in [1.165, 1.54) is 31.4 Å². The number of carbonyl (C=O) groups is 2. The number of carbonyl (C=O) groups excluding carboxylic acids is 2. The van der Waals surface area contributed by atoms with Gasteiger partial charge in [0, 0.05) is 12.1 Å². The van der Waals surface area contributed by atoms with Crippen LogP contribution in [0.3, 0.4) is 0 Å². The minimum Gasteiger partial charge on any atom is -0.503 e. The predicted octanol–water partition coefficient (Wildman–Crippen LogP) is 2.83. The van der Waals surface area contributed by atoms with Gasteiger partial charge in [-0.15, -0.1) is 0 Å². The van der Waals surface area contributed by atoms with Crippen LogP contribution in [0.15, 0.2) is 52.3 Å². The van der Waals surface area contributed by atoms with Crippen molar-refractivity contribution in [3.63, 3.8) is 0 Å². The molecular formula is C22H26N2O6. The lowest BCUT2D eigenvalue weighted by Gasteiger charge is -2.28. The molecule has 2 heterocycles. The Hall–Kier alpha value is -3.26. The molecule has 30 heavy (non-hydrogen) atoms. The molecule has 3 rings (SSSR count). The lowest BCUT2D eigenvalue weighted by molar-refractivity contribution is -0.129. The Morgan fingerprint density at radius 3 is 2.60 bits per heavy atom. The lowest BCUT2D eigenvalue weighted by Crippen LogP contribution is -2.33. The summed E-state index contributed by atoms with van der Waals surface area (Å²) in [5.74, 6) is -0.648. The smallest absolute Gasteiger partial charge is 0.290 e. The molecule has 1 amide bonds. The normalized spacial score (nSPS) is 16.5.